The molecule has 1 amide bonds. The minimum Gasteiger partial charge on any atom is -0.493 e. The van der Waals surface area contributed by atoms with Crippen LogP contribution in [0.25, 0.3) is 6.08 Å². The molecule has 0 aliphatic carbocycles. The molecule has 2 aliphatic rings. The molecule has 0 bridgehead atoms. The van der Waals surface area contributed by atoms with Crippen LogP contribution >= 0.6 is 0 Å². The largest absolute Gasteiger partial charge is 0.493 e. The predicted octanol–water partition coefficient (Wildman–Crippen LogP) is 2.80. The van der Waals surface area contributed by atoms with Gasteiger partial charge in [0, 0.05) is 38.8 Å². The number of ether oxygens (including phenoxy) is 5. The zero-order chi connectivity index (χ0) is 22.5. The molecule has 2 aromatic carbocycles. The number of carbonyl (C=O) groups excluding carboxylic acids is 1. The number of nitrogens with zero attached hydrogens (tertiary/aromatic N) is 2. The minimum atomic E-state index is -0.0125. The average Bonchev–Trinajstić information content (AvgIpc) is 3.30. The monoisotopic (exact) mass is 440 g/mol. The Balaban J connectivity index is 1.33. The van der Waals surface area contributed by atoms with E-state index in [0.29, 0.717) is 30.3 Å². The van der Waals surface area contributed by atoms with Gasteiger partial charge in [-0.25, -0.2) is 0 Å². The van der Waals surface area contributed by atoms with Crippen LogP contribution in [0.4, 0.5) is 0 Å². The second-order valence-corrected chi connectivity index (χ2v) is 7.58. The number of amides is 1. The summed E-state index contributed by atoms with van der Waals surface area (Å²) in [5, 5.41) is 0. The highest BCUT2D eigenvalue weighted by Crippen LogP contribution is 2.38. The number of fused-ring (bicyclic) bond motifs is 1. The van der Waals surface area contributed by atoms with Gasteiger partial charge in [-0.15, -0.1) is 0 Å². The van der Waals surface area contributed by atoms with Crippen LogP contribution in [-0.4, -0.2) is 70.0 Å². The van der Waals surface area contributed by atoms with Crippen molar-refractivity contribution in [3.8, 4) is 28.7 Å². The minimum absolute atomic E-state index is 0.0125. The summed E-state index contributed by atoms with van der Waals surface area (Å²) in [5.41, 5.74) is 1.98. The van der Waals surface area contributed by atoms with Gasteiger partial charge >= 0.3 is 0 Å². The Hall–Kier alpha value is -3.39. The molecule has 170 valence electrons. The van der Waals surface area contributed by atoms with E-state index in [1.54, 1.807) is 33.5 Å². The molecule has 2 aromatic rings. The van der Waals surface area contributed by atoms with Gasteiger partial charge in [0.15, 0.2) is 23.0 Å². The molecule has 0 unspecified atom stereocenters. The van der Waals surface area contributed by atoms with Crippen molar-refractivity contribution in [1.29, 1.82) is 0 Å². The zero-order valence-electron chi connectivity index (χ0n) is 18.6. The predicted molar refractivity (Wildman–Crippen MR) is 120 cm³/mol. The van der Waals surface area contributed by atoms with E-state index >= 15 is 0 Å². The number of piperazine rings is 1. The number of hydrogen-bond donors (Lipinski definition) is 0. The van der Waals surface area contributed by atoms with Gasteiger partial charge in [-0.2, -0.15) is 0 Å². The third-order valence-electron chi connectivity index (χ3n) is 5.63. The fourth-order valence-corrected chi connectivity index (χ4v) is 3.89. The first kappa shape index (κ1) is 21.8. The number of methoxy groups -OCH3 is 3. The lowest BCUT2D eigenvalue weighted by Crippen LogP contribution is -2.47. The van der Waals surface area contributed by atoms with E-state index in [1.807, 2.05) is 29.2 Å². The van der Waals surface area contributed by atoms with Gasteiger partial charge in [-0.1, -0.05) is 6.07 Å². The highest BCUT2D eigenvalue weighted by molar-refractivity contribution is 5.92. The Morgan fingerprint density at radius 2 is 1.62 bits per heavy atom. The van der Waals surface area contributed by atoms with Crippen molar-refractivity contribution in [3.63, 3.8) is 0 Å². The van der Waals surface area contributed by atoms with Crippen molar-refractivity contribution in [2.45, 2.75) is 6.54 Å². The first-order valence-corrected chi connectivity index (χ1v) is 10.5. The maximum absolute atomic E-state index is 12.7. The Labute approximate surface area is 187 Å². The van der Waals surface area contributed by atoms with Gasteiger partial charge in [0.1, 0.15) is 0 Å². The summed E-state index contributed by atoms with van der Waals surface area (Å²) in [7, 11) is 4.70. The number of benzene rings is 2. The molecule has 0 radical (unpaired) electrons. The Bertz CT molecular complexity index is 973. The van der Waals surface area contributed by atoms with Gasteiger partial charge in [-0.3, -0.25) is 9.69 Å². The van der Waals surface area contributed by atoms with Crippen LogP contribution in [0, 0.1) is 0 Å². The topological polar surface area (TPSA) is 69.7 Å². The van der Waals surface area contributed by atoms with E-state index in [9.17, 15) is 4.79 Å². The van der Waals surface area contributed by atoms with E-state index in [0.717, 1.165) is 36.7 Å². The lowest BCUT2D eigenvalue weighted by molar-refractivity contribution is -0.127. The number of hydrogen-bond acceptors (Lipinski definition) is 7. The fourth-order valence-electron chi connectivity index (χ4n) is 3.89. The zero-order valence-corrected chi connectivity index (χ0v) is 18.6. The normalized spacial score (nSPS) is 15.8. The highest BCUT2D eigenvalue weighted by atomic mass is 16.7. The lowest BCUT2D eigenvalue weighted by Gasteiger charge is -2.34. The van der Waals surface area contributed by atoms with E-state index in [-0.39, 0.29) is 12.7 Å². The lowest BCUT2D eigenvalue weighted by atomic mass is 10.1. The maximum atomic E-state index is 12.7. The molecule has 2 aliphatic heterocycles. The summed E-state index contributed by atoms with van der Waals surface area (Å²) in [5.74, 6) is 3.21. The number of carbonyl (C=O) groups is 1. The van der Waals surface area contributed by atoms with Crippen LogP contribution in [0.3, 0.4) is 0 Å². The standard InChI is InChI=1S/C24H28N2O6/c1-28-21-12-17(13-22(29-2)24(21)30-3)5-7-23(27)26-10-8-25(9-11-26)15-18-4-6-19-20(14-18)32-16-31-19/h4-7,12-14H,8-11,15-16H2,1-3H3/b7-5+. The van der Waals surface area contributed by atoms with Crippen molar-refractivity contribution in [2.75, 3.05) is 54.3 Å². The summed E-state index contributed by atoms with van der Waals surface area (Å²) < 4.78 is 26.9. The Morgan fingerprint density at radius 3 is 2.28 bits per heavy atom. The van der Waals surface area contributed by atoms with Crippen molar-refractivity contribution in [3.05, 3.63) is 47.5 Å². The van der Waals surface area contributed by atoms with Crippen molar-refractivity contribution >= 4 is 12.0 Å². The summed E-state index contributed by atoms with van der Waals surface area (Å²) in [4.78, 5) is 16.9. The molecule has 0 N–H and O–H groups in total. The van der Waals surface area contributed by atoms with Gasteiger partial charge in [0.05, 0.1) is 21.3 Å². The highest BCUT2D eigenvalue weighted by Gasteiger charge is 2.21. The van der Waals surface area contributed by atoms with Crippen LogP contribution in [0.1, 0.15) is 11.1 Å². The molecule has 2 heterocycles. The molecule has 4 rings (SSSR count). The third kappa shape index (κ3) is 4.75. The summed E-state index contributed by atoms with van der Waals surface area (Å²) in [6, 6.07) is 9.67. The van der Waals surface area contributed by atoms with Crippen LogP contribution in [0.5, 0.6) is 28.7 Å². The van der Waals surface area contributed by atoms with Crippen LogP contribution in [0.2, 0.25) is 0 Å². The van der Waals surface area contributed by atoms with Crippen molar-refractivity contribution in [2.24, 2.45) is 0 Å². The molecule has 32 heavy (non-hydrogen) atoms. The molecule has 0 atom stereocenters. The summed E-state index contributed by atoms with van der Waals surface area (Å²) in [6.45, 7) is 4.10. The number of rotatable bonds is 7. The molecule has 8 nitrogen and oxygen atoms in total. The van der Waals surface area contributed by atoms with Crippen LogP contribution in [0.15, 0.2) is 36.4 Å². The molecular weight excluding hydrogens is 412 g/mol. The molecule has 1 fully saturated rings. The quantitative estimate of drug-likeness (QED) is 0.613. The molecule has 1 saturated heterocycles. The molecule has 8 heteroatoms. The maximum Gasteiger partial charge on any atom is 0.246 e. The van der Waals surface area contributed by atoms with E-state index < -0.39 is 0 Å². The SMILES string of the molecule is COc1cc(/C=C/C(=O)N2CCN(Cc3ccc4c(c3)OCO4)CC2)cc(OC)c1OC. The second-order valence-electron chi connectivity index (χ2n) is 7.58. The van der Waals surface area contributed by atoms with Gasteiger partial charge in [-0.05, 0) is 41.5 Å². The fraction of sp³-hybridized carbons (Fsp3) is 0.375. The van der Waals surface area contributed by atoms with Crippen molar-refractivity contribution in [1.82, 2.24) is 9.80 Å². The van der Waals surface area contributed by atoms with Crippen molar-refractivity contribution < 1.29 is 28.5 Å². The van der Waals surface area contributed by atoms with Gasteiger partial charge < -0.3 is 28.6 Å². The molecule has 0 aromatic heterocycles. The van der Waals surface area contributed by atoms with Gasteiger partial charge in [0.2, 0.25) is 18.4 Å². The molecule has 0 saturated carbocycles. The summed E-state index contributed by atoms with van der Waals surface area (Å²) >= 11 is 0. The van der Waals surface area contributed by atoms with E-state index in [4.69, 9.17) is 23.7 Å². The second kappa shape index (κ2) is 9.82. The van der Waals surface area contributed by atoms with E-state index in [2.05, 4.69) is 11.0 Å². The Kier molecular flexibility index (Phi) is 6.70. The van der Waals surface area contributed by atoms with E-state index in [1.165, 1.54) is 5.56 Å². The van der Waals surface area contributed by atoms with Crippen LogP contribution < -0.4 is 23.7 Å². The summed E-state index contributed by atoms with van der Waals surface area (Å²) in [6.07, 6.45) is 3.36. The molecular formula is C24H28N2O6. The van der Waals surface area contributed by atoms with Gasteiger partial charge in [0.25, 0.3) is 0 Å². The first-order chi connectivity index (χ1) is 15.6. The first-order valence-electron chi connectivity index (χ1n) is 10.5. The smallest absolute Gasteiger partial charge is 0.246 e. The average molecular weight is 440 g/mol. The molecule has 0 spiro atoms. The Morgan fingerprint density at radius 1 is 0.938 bits per heavy atom. The van der Waals surface area contributed by atoms with Crippen LogP contribution in [-0.2, 0) is 11.3 Å². The third-order valence-corrected chi connectivity index (χ3v) is 5.63.